The van der Waals surface area contributed by atoms with Crippen LogP contribution in [0.3, 0.4) is 0 Å². The molecule has 10 heteroatoms. The average Bonchev–Trinajstić information content (AvgIpc) is 2.67. The monoisotopic (exact) mass is 423 g/mol. The number of rotatable bonds is 4. The van der Waals surface area contributed by atoms with E-state index in [-0.39, 0.29) is 16.5 Å². The molecule has 1 aliphatic heterocycles. The lowest BCUT2D eigenvalue weighted by Gasteiger charge is -2.36. The van der Waals surface area contributed by atoms with Gasteiger partial charge in [0.05, 0.1) is 4.92 Å². The second-order valence-corrected chi connectivity index (χ2v) is 8.86. The summed E-state index contributed by atoms with van der Waals surface area (Å²) in [5.74, 6) is -0.143. The highest BCUT2D eigenvalue weighted by Gasteiger charge is 2.31. The Morgan fingerprint density at radius 2 is 1.68 bits per heavy atom. The van der Waals surface area contributed by atoms with E-state index in [1.54, 1.807) is 34.1 Å². The van der Waals surface area contributed by atoms with Crippen molar-refractivity contribution >= 4 is 38.7 Å². The summed E-state index contributed by atoms with van der Waals surface area (Å²) in [6, 6.07) is 10.8. The van der Waals surface area contributed by atoms with E-state index in [1.165, 1.54) is 18.2 Å². The lowest BCUT2D eigenvalue weighted by atomic mass is 10.1. The number of nitro benzene ring substituents is 1. The van der Waals surface area contributed by atoms with Crippen LogP contribution in [-0.2, 0) is 9.84 Å². The Hall–Kier alpha value is -2.65. The number of nitro groups is 1. The van der Waals surface area contributed by atoms with Crippen molar-refractivity contribution in [3.63, 3.8) is 0 Å². The van der Waals surface area contributed by atoms with Crippen molar-refractivity contribution in [2.24, 2.45) is 0 Å². The van der Waals surface area contributed by atoms with Crippen molar-refractivity contribution < 1.29 is 18.1 Å². The van der Waals surface area contributed by atoms with E-state index in [0.29, 0.717) is 36.8 Å². The number of anilines is 1. The molecule has 1 heterocycles. The molecule has 1 fully saturated rings. The van der Waals surface area contributed by atoms with Crippen LogP contribution in [-0.4, -0.2) is 56.6 Å². The van der Waals surface area contributed by atoms with Crippen molar-refractivity contribution in [2.45, 2.75) is 4.90 Å². The Bertz CT molecular complexity index is 1020. The number of piperazine rings is 1. The quantitative estimate of drug-likeness (QED) is 0.553. The van der Waals surface area contributed by atoms with Gasteiger partial charge in [-0.3, -0.25) is 14.9 Å². The van der Waals surface area contributed by atoms with E-state index in [2.05, 4.69) is 0 Å². The molecule has 8 nitrogen and oxygen atoms in total. The second-order valence-electron chi connectivity index (χ2n) is 6.44. The molecule has 0 unspecified atom stereocenters. The Labute approximate surface area is 167 Å². The molecule has 148 valence electrons. The van der Waals surface area contributed by atoms with Crippen molar-refractivity contribution in [1.29, 1.82) is 0 Å². The van der Waals surface area contributed by atoms with Crippen LogP contribution in [0.25, 0.3) is 0 Å². The fourth-order valence-corrected chi connectivity index (χ4v) is 4.16. The zero-order valence-corrected chi connectivity index (χ0v) is 16.6. The Morgan fingerprint density at radius 1 is 1.07 bits per heavy atom. The number of hydrogen-bond acceptors (Lipinski definition) is 6. The van der Waals surface area contributed by atoms with E-state index in [4.69, 9.17) is 11.6 Å². The first kappa shape index (κ1) is 20.1. The molecule has 0 atom stereocenters. The maximum atomic E-state index is 12.6. The minimum atomic E-state index is -3.75. The third-order valence-corrected chi connectivity index (χ3v) is 5.94. The van der Waals surface area contributed by atoms with Crippen molar-refractivity contribution in [3.05, 3.63) is 63.2 Å². The van der Waals surface area contributed by atoms with E-state index in [1.807, 2.05) is 0 Å². The summed E-state index contributed by atoms with van der Waals surface area (Å²) in [5, 5.41) is 12.1. The largest absolute Gasteiger partial charge is 0.362 e. The average molecular weight is 424 g/mol. The first-order valence-corrected chi connectivity index (χ1v) is 10.7. The Morgan fingerprint density at radius 3 is 2.21 bits per heavy atom. The topological polar surface area (TPSA) is 101 Å². The van der Waals surface area contributed by atoms with Crippen LogP contribution >= 0.6 is 11.6 Å². The molecule has 0 aromatic heterocycles. The number of nitrogens with zero attached hydrogens (tertiary/aromatic N) is 3. The van der Waals surface area contributed by atoms with Gasteiger partial charge in [0.25, 0.3) is 5.91 Å². The SMILES string of the molecule is CS(=O)(=O)c1cccc(N2CCN(C(=O)c3ccc(Cl)cc3)CC2)c1[N+](=O)[O-]. The minimum absolute atomic E-state index is 0.143. The van der Waals surface area contributed by atoms with Gasteiger partial charge in [0, 0.05) is 43.0 Å². The van der Waals surface area contributed by atoms with E-state index < -0.39 is 20.4 Å². The molecule has 3 rings (SSSR count). The predicted octanol–water partition coefficient (Wildman–Crippen LogP) is 2.61. The molecule has 2 aromatic rings. The standard InChI is InChI=1S/C18H18ClN3O5S/c1-28(26,27)16-4-2-3-15(17(16)22(24)25)20-9-11-21(12-10-20)18(23)13-5-7-14(19)8-6-13/h2-8H,9-12H2,1H3. The number of sulfone groups is 1. The molecule has 2 aromatic carbocycles. The second kappa shape index (κ2) is 7.76. The van der Waals surface area contributed by atoms with Crippen LogP contribution in [0, 0.1) is 10.1 Å². The highest BCUT2D eigenvalue weighted by atomic mass is 35.5. The summed E-state index contributed by atoms with van der Waals surface area (Å²) in [5.41, 5.74) is 0.330. The van der Waals surface area contributed by atoms with Gasteiger partial charge in [-0.15, -0.1) is 0 Å². The first-order valence-electron chi connectivity index (χ1n) is 8.46. The maximum Gasteiger partial charge on any atom is 0.311 e. The lowest BCUT2D eigenvalue weighted by molar-refractivity contribution is -0.387. The Balaban J connectivity index is 1.81. The van der Waals surface area contributed by atoms with Crippen LogP contribution in [0.1, 0.15) is 10.4 Å². The van der Waals surface area contributed by atoms with Crippen molar-refractivity contribution in [2.75, 3.05) is 37.3 Å². The van der Waals surface area contributed by atoms with Gasteiger partial charge in [0.2, 0.25) is 0 Å². The maximum absolute atomic E-state index is 12.6. The molecule has 0 aliphatic carbocycles. The molecule has 0 spiro atoms. The van der Waals surface area contributed by atoms with Gasteiger partial charge in [0.15, 0.2) is 9.84 Å². The molecule has 0 N–H and O–H groups in total. The Kier molecular flexibility index (Phi) is 5.57. The molecule has 1 amide bonds. The number of halogens is 1. The number of benzene rings is 2. The number of carbonyl (C=O) groups excluding carboxylic acids is 1. The summed E-state index contributed by atoms with van der Waals surface area (Å²) in [6.07, 6.45) is 0.946. The first-order chi connectivity index (χ1) is 13.2. The van der Waals surface area contributed by atoms with Gasteiger partial charge in [-0.2, -0.15) is 0 Å². The third kappa shape index (κ3) is 4.10. The molecular weight excluding hydrogens is 406 g/mol. The molecule has 0 radical (unpaired) electrons. The molecule has 1 saturated heterocycles. The molecule has 0 saturated carbocycles. The van der Waals surface area contributed by atoms with Gasteiger partial charge in [-0.25, -0.2) is 8.42 Å². The zero-order chi connectivity index (χ0) is 20.5. The summed E-state index contributed by atoms with van der Waals surface area (Å²) in [7, 11) is -3.75. The third-order valence-electron chi connectivity index (χ3n) is 4.56. The zero-order valence-electron chi connectivity index (χ0n) is 15.0. The summed E-state index contributed by atoms with van der Waals surface area (Å²) in [4.78, 5) is 26.6. The van der Waals surface area contributed by atoms with Crippen LogP contribution < -0.4 is 4.90 Å². The molecule has 28 heavy (non-hydrogen) atoms. The number of carbonyl (C=O) groups is 1. The molecule has 0 bridgehead atoms. The molecule has 1 aliphatic rings. The highest BCUT2D eigenvalue weighted by Crippen LogP contribution is 2.35. The van der Waals surface area contributed by atoms with E-state index in [9.17, 15) is 23.3 Å². The van der Waals surface area contributed by atoms with Crippen LogP contribution in [0.2, 0.25) is 5.02 Å². The predicted molar refractivity (Wildman–Crippen MR) is 106 cm³/mol. The number of amides is 1. The smallest absolute Gasteiger partial charge is 0.311 e. The fraction of sp³-hybridized carbons (Fsp3) is 0.278. The van der Waals surface area contributed by atoms with E-state index >= 15 is 0 Å². The van der Waals surface area contributed by atoms with Crippen molar-refractivity contribution in [3.8, 4) is 0 Å². The number of para-hydroxylation sites is 1. The number of hydrogen-bond donors (Lipinski definition) is 0. The normalized spacial score (nSPS) is 14.8. The molecular formula is C18H18ClN3O5S. The van der Waals surface area contributed by atoms with Gasteiger partial charge in [-0.1, -0.05) is 17.7 Å². The fourth-order valence-electron chi connectivity index (χ4n) is 3.17. The van der Waals surface area contributed by atoms with E-state index in [0.717, 1.165) is 6.26 Å². The highest BCUT2D eigenvalue weighted by molar-refractivity contribution is 7.90. The van der Waals surface area contributed by atoms with Gasteiger partial charge in [0.1, 0.15) is 10.6 Å². The summed E-state index contributed by atoms with van der Waals surface area (Å²) >= 11 is 5.84. The van der Waals surface area contributed by atoms with Gasteiger partial charge in [-0.05, 0) is 36.4 Å². The van der Waals surface area contributed by atoms with Crippen LogP contribution in [0.15, 0.2) is 47.4 Å². The van der Waals surface area contributed by atoms with Crippen LogP contribution in [0.5, 0.6) is 0 Å². The van der Waals surface area contributed by atoms with Crippen LogP contribution in [0.4, 0.5) is 11.4 Å². The lowest BCUT2D eigenvalue weighted by Crippen LogP contribution is -2.49. The summed E-state index contributed by atoms with van der Waals surface area (Å²) in [6.45, 7) is 1.43. The van der Waals surface area contributed by atoms with Gasteiger partial charge >= 0.3 is 5.69 Å². The summed E-state index contributed by atoms with van der Waals surface area (Å²) < 4.78 is 23.9. The van der Waals surface area contributed by atoms with Crippen molar-refractivity contribution in [1.82, 2.24) is 4.90 Å². The van der Waals surface area contributed by atoms with Gasteiger partial charge < -0.3 is 9.80 Å². The minimum Gasteiger partial charge on any atom is -0.362 e.